The highest BCUT2D eigenvalue weighted by molar-refractivity contribution is 7.12. The lowest BCUT2D eigenvalue weighted by Gasteiger charge is -2.17. The summed E-state index contributed by atoms with van der Waals surface area (Å²) in [6, 6.07) is 1.72. The minimum Gasteiger partial charge on any atom is -0.397 e. The van der Waals surface area contributed by atoms with Crippen molar-refractivity contribution in [2.24, 2.45) is 0 Å². The predicted octanol–water partition coefficient (Wildman–Crippen LogP) is 1.17. The van der Waals surface area contributed by atoms with Crippen molar-refractivity contribution in [2.75, 3.05) is 19.3 Å². The summed E-state index contributed by atoms with van der Waals surface area (Å²) < 4.78 is 0. The van der Waals surface area contributed by atoms with E-state index >= 15 is 0 Å². The van der Waals surface area contributed by atoms with Crippen molar-refractivity contribution in [3.8, 4) is 0 Å². The van der Waals surface area contributed by atoms with Crippen molar-refractivity contribution in [1.82, 2.24) is 4.90 Å². The summed E-state index contributed by atoms with van der Waals surface area (Å²) >= 11 is 1.34. The Hall–Kier alpha value is -1.07. The largest absolute Gasteiger partial charge is 0.397 e. The molecule has 1 amide bonds. The zero-order valence-electron chi connectivity index (χ0n) is 8.93. The quantitative estimate of drug-likeness (QED) is 0.813. The molecule has 1 atom stereocenters. The number of nitrogen functional groups attached to an aromatic ring is 1. The highest BCUT2D eigenvalue weighted by Crippen LogP contribution is 2.20. The van der Waals surface area contributed by atoms with Gasteiger partial charge < -0.3 is 15.7 Å². The van der Waals surface area contributed by atoms with Gasteiger partial charge in [-0.15, -0.1) is 11.3 Å². The van der Waals surface area contributed by atoms with Gasteiger partial charge >= 0.3 is 0 Å². The molecule has 15 heavy (non-hydrogen) atoms. The van der Waals surface area contributed by atoms with Gasteiger partial charge in [-0.05, 0) is 24.8 Å². The second-order valence-electron chi connectivity index (χ2n) is 3.57. The maximum atomic E-state index is 11.8. The van der Waals surface area contributed by atoms with E-state index in [9.17, 15) is 4.79 Å². The van der Waals surface area contributed by atoms with Crippen LogP contribution in [0.2, 0.25) is 0 Å². The summed E-state index contributed by atoms with van der Waals surface area (Å²) in [5.74, 6) is -0.0804. The van der Waals surface area contributed by atoms with Crippen molar-refractivity contribution in [3.63, 3.8) is 0 Å². The molecular weight excluding hydrogens is 212 g/mol. The lowest BCUT2D eigenvalue weighted by atomic mass is 10.2. The highest BCUT2D eigenvalue weighted by atomic mass is 32.1. The van der Waals surface area contributed by atoms with Crippen LogP contribution in [0, 0.1) is 0 Å². The lowest BCUT2D eigenvalue weighted by Crippen LogP contribution is -2.29. The molecule has 0 saturated heterocycles. The molecule has 0 aromatic carbocycles. The maximum absolute atomic E-state index is 11.8. The number of anilines is 1. The van der Waals surface area contributed by atoms with Crippen LogP contribution in [-0.4, -0.2) is 35.6 Å². The van der Waals surface area contributed by atoms with Crippen molar-refractivity contribution >= 4 is 22.9 Å². The number of carbonyl (C=O) groups excluding carboxylic acids is 1. The monoisotopic (exact) mass is 228 g/mol. The van der Waals surface area contributed by atoms with Crippen LogP contribution < -0.4 is 5.73 Å². The van der Waals surface area contributed by atoms with Crippen molar-refractivity contribution < 1.29 is 9.90 Å². The molecule has 0 aliphatic carbocycles. The van der Waals surface area contributed by atoms with E-state index in [1.165, 1.54) is 11.3 Å². The van der Waals surface area contributed by atoms with Crippen LogP contribution in [-0.2, 0) is 0 Å². The molecule has 1 rings (SSSR count). The first-order chi connectivity index (χ1) is 7.02. The highest BCUT2D eigenvalue weighted by Gasteiger charge is 2.15. The van der Waals surface area contributed by atoms with Gasteiger partial charge in [0.25, 0.3) is 5.91 Å². The normalized spacial score (nSPS) is 12.5. The van der Waals surface area contributed by atoms with Gasteiger partial charge in [-0.1, -0.05) is 0 Å². The lowest BCUT2D eigenvalue weighted by molar-refractivity contribution is 0.0774. The van der Waals surface area contributed by atoms with E-state index in [0.717, 1.165) is 0 Å². The predicted molar refractivity (Wildman–Crippen MR) is 62.0 cm³/mol. The molecule has 3 N–H and O–H groups in total. The number of amides is 1. The minimum absolute atomic E-state index is 0.0804. The summed E-state index contributed by atoms with van der Waals surface area (Å²) in [6.07, 6.45) is 0.189. The fourth-order valence-electron chi connectivity index (χ4n) is 1.15. The van der Waals surface area contributed by atoms with Gasteiger partial charge in [0.05, 0.1) is 11.8 Å². The van der Waals surface area contributed by atoms with E-state index < -0.39 is 0 Å². The molecule has 1 unspecified atom stereocenters. The zero-order valence-corrected chi connectivity index (χ0v) is 9.75. The van der Waals surface area contributed by atoms with Crippen molar-refractivity contribution in [3.05, 3.63) is 16.3 Å². The Bertz CT molecular complexity index is 336. The molecule has 1 aromatic heterocycles. The third kappa shape index (κ3) is 3.21. The summed E-state index contributed by atoms with van der Waals surface area (Å²) in [5, 5.41) is 10.9. The Balaban J connectivity index is 2.57. The van der Waals surface area contributed by atoms with Gasteiger partial charge in [0.15, 0.2) is 0 Å². The molecule has 0 bridgehead atoms. The molecule has 84 valence electrons. The summed E-state index contributed by atoms with van der Waals surface area (Å²) in [5.41, 5.74) is 6.17. The van der Waals surface area contributed by atoms with Crippen LogP contribution in [0.1, 0.15) is 23.0 Å². The number of thiophene rings is 1. The van der Waals surface area contributed by atoms with E-state index in [2.05, 4.69) is 0 Å². The number of hydrogen-bond donors (Lipinski definition) is 2. The molecule has 4 nitrogen and oxygen atoms in total. The fourth-order valence-corrected chi connectivity index (χ4v) is 1.96. The second kappa shape index (κ2) is 5.14. The van der Waals surface area contributed by atoms with Crippen LogP contribution in [0.4, 0.5) is 5.69 Å². The van der Waals surface area contributed by atoms with Gasteiger partial charge in [-0.2, -0.15) is 0 Å². The second-order valence-corrected chi connectivity index (χ2v) is 4.49. The number of rotatable bonds is 4. The fraction of sp³-hybridized carbons (Fsp3) is 0.500. The zero-order chi connectivity index (χ0) is 11.4. The average molecular weight is 228 g/mol. The first-order valence-electron chi connectivity index (χ1n) is 4.79. The third-order valence-corrected chi connectivity index (χ3v) is 3.04. The number of aliphatic hydroxyl groups is 1. The molecule has 5 heteroatoms. The Morgan fingerprint density at radius 3 is 2.87 bits per heavy atom. The average Bonchev–Trinajstić information content (AvgIpc) is 2.59. The molecule has 0 aliphatic heterocycles. The molecule has 0 saturated carbocycles. The van der Waals surface area contributed by atoms with Crippen LogP contribution in [0.15, 0.2) is 11.4 Å². The van der Waals surface area contributed by atoms with Gasteiger partial charge in [-0.3, -0.25) is 4.79 Å². The summed E-state index contributed by atoms with van der Waals surface area (Å²) in [7, 11) is 1.71. The molecule has 1 aromatic rings. The topological polar surface area (TPSA) is 66.6 Å². The molecule has 1 heterocycles. The Morgan fingerprint density at radius 1 is 1.73 bits per heavy atom. The van der Waals surface area contributed by atoms with Gasteiger partial charge in [0.2, 0.25) is 0 Å². The summed E-state index contributed by atoms with van der Waals surface area (Å²) in [6.45, 7) is 2.24. The molecule has 0 spiro atoms. The molecule has 0 aliphatic rings. The van der Waals surface area contributed by atoms with E-state index in [0.29, 0.717) is 23.5 Å². The summed E-state index contributed by atoms with van der Waals surface area (Å²) in [4.78, 5) is 14.0. The smallest absolute Gasteiger partial charge is 0.265 e. The first kappa shape index (κ1) is 12.0. The van der Waals surface area contributed by atoms with Crippen LogP contribution in [0.25, 0.3) is 0 Å². The Kier molecular flexibility index (Phi) is 4.11. The van der Waals surface area contributed by atoms with E-state index in [4.69, 9.17) is 10.8 Å². The number of nitrogens with two attached hydrogens (primary N) is 1. The minimum atomic E-state index is -0.388. The van der Waals surface area contributed by atoms with E-state index in [1.54, 1.807) is 30.3 Å². The Labute approximate surface area is 93.3 Å². The molecular formula is C10H16N2O2S. The van der Waals surface area contributed by atoms with Crippen LogP contribution >= 0.6 is 11.3 Å². The van der Waals surface area contributed by atoms with Crippen LogP contribution in [0.5, 0.6) is 0 Å². The van der Waals surface area contributed by atoms with Crippen LogP contribution in [0.3, 0.4) is 0 Å². The van der Waals surface area contributed by atoms with E-state index in [-0.39, 0.29) is 12.0 Å². The van der Waals surface area contributed by atoms with Gasteiger partial charge in [0, 0.05) is 13.6 Å². The first-order valence-corrected chi connectivity index (χ1v) is 5.67. The van der Waals surface area contributed by atoms with Crippen molar-refractivity contribution in [1.29, 1.82) is 0 Å². The standard InChI is InChI=1S/C10H16N2O2S/c1-7(13)3-5-12(2)10(14)9-8(11)4-6-15-9/h4,6-7,13H,3,5,11H2,1-2H3. The molecule has 0 fully saturated rings. The van der Waals surface area contributed by atoms with E-state index in [1.807, 2.05) is 0 Å². The molecule has 0 radical (unpaired) electrons. The number of hydrogen-bond acceptors (Lipinski definition) is 4. The maximum Gasteiger partial charge on any atom is 0.265 e. The SMILES string of the molecule is CC(O)CCN(C)C(=O)c1sccc1N. The van der Waals surface area contributed by atoms with Crippen molar-refractivity contribution in [2.45, 2.75) is 19.4 Å². The van der Waals surface area contributed by atoms with Gasteiger partial charge in [0.1, 0.15) is 4.88 Å². The number of carbonyl (C=O) groups is 1. The van der Waals surface area contributed by atoms with Gasteiger partial charge in [-0.25, -0.2) is 0 Å². The Morgan fingerprint density at radius 2 is 2.40 bits per heavy atom. The third-order valence-electron chi connectivity index (χ3n) is 2.12. The number of nitrogens with zero attached hydrogens (tertiary/aromatic N) is 1. The number of aliphatic hydroxyl groups excluding tert-OH is 1.